The van der Waals surface area contributed by atoms with E-state index >= 15 is 0 Å². The summed E-state index contributed by atoms with van der Waals surface area (Å²) in [7, 11) is 0. The van der Waals surface area contributed by atoms with Crippen molar-refractivity contribution in [1.82, 2.24) is 5.32 Å². The van der Waals surface area contributed by atoms with Crippen molar-refractivity contribution in [2.24, 2.45) is 0 Å². The number of hydrogen-bond donors (Lipinski definition) is 3. The van der Waals surface area contributed by atoms with Gasteiger partial charge in [-0.05, 0) is 51.4 Å². The van der Waals surface area contributed by atoms with E-state index in [1.54, 1.807) is 0 Å². The number of amides is 1. The van der Waals surface area contributed by atoms with Gasteiger partial charge in [-0.3, -0.25) is 9.59 Å². The third-order valence-corrected chi connectivity index (χ3v) is 12.8. The van der Waals surface area contributed by atoms with Gasteiger partial charge in [0.25, 0.3) is 0 Å². The largest absolute Gasteiger partial charge is 0.462 e. The van der Waals surface area contributed by atoms with Gasteiger partial charge in [0.1, 0.15) is 6.10 Å². The molecule has 3 unspecified atom stereocenters. The number of aliphatic hydroxyl groups is 2. The minimum Gasteiger partial charge on any atom is -0.462 e. The van der Waals surface area contributed by atoms with Crippen LogP contribution in [0.15, 0.2) is 12.2 Å². The molecule has 0 radical (unpaired) electrons. The lowest BCUT2D eigenvalue weighted by Crippen LogP contribution is -2.46. The van der Waals surface area contributed by atoms with E-state index in [-0.39, 0.29) is 24.9 Å². The van der Waals surface area contributed by atoms with Crippen molar-refractivity contribution < 1.29 is 24.5 Å². The number of unbranched alkanes of at least 4 members (excludes halogenated alkanes) is 36. The quantitative estimate of drug-likeness (QED) is 0.0322. The minimum absolute atomic E-state index is 0.0815. The van der Waals surface area contributed by atoms with Gasteiger partial charge in [0.2, 0.25) is 5.91 Å². The maximum Gasteiger partial charge on any atom is 0.306 e. The maximum absolute atomic E-state index is 13.2. The number of aliphatic hydroxyl groups excluding tert-OH is 2. The van der Waals surface area contributed by atoms with Gasteiger partial charge in [0.05, 0.1) is 25.2 Å². The normalized spacial score (nSPS) is 13.2. The summed E-state index contributed by atoms with van der Waals surface area (Å²) in [5.41, 5.74) is 0. The Kier molecular flexibility index (Phi) is 48.5. The molecule has 0 aromatic rings. The van der Waals surface area contributed by atoms with Crippen LogP contribution in [0.25, 0.3) is 0 Å². The van der Waals surface area contributed by atoms with Gasteiger partial charge in [0.15, 0.2) is 0 Å². The molecular formula is C55H107NO5. The monoisotopic (exact) mass is 862 g/mol. The van der Waals surface area contributed by atoms with E-state index in [4.69, 9.17) is 4.74 Å². The molecule has 3 atom stereocenters. The second-order valence-electron chi connectivity index (χ2n) is 19.0. The third-order valence-electron chi connectivity index (χ3n) is 12.8. The Bertz CT molecular complexity index is 924. The number of hydrogen-bond acceptors (Lipinski definition) is 5. The van der Waals surface area contributed by atoms with Gasteiger partial charge >= 0.3 is 5.97 Å². The van der Waals surface area contributed by atoms with Crippen LogP contribution in [0.5, 0.6) is 0 Å². The van der Waals surface area contributed by atoms with E-state index in [0.717, 1.165) is 51.4 Å². The van der Waals surface area contributed by atoms with Crippen molar-refractivity contribution in [1.29, 1.82) is 0 Å². The Morgan fingerprint density at radius 3 is 1.16 bits per heavy atom. The number of ether oxygens (including phenoxy) is 1. The number of esters is 1. The fourth-order valence-corrected chi connectivity index (χ4v) is 8.66. The standard InChI is InChI=1S/C55H107NO5/c1-4-7-10-13-16-19-22-24-26-28-30-33-36-39-42-45-48-55(60)61-51(46-43-40-37-34-31-21-18-15-12-9-6-3)49-54(59)56-52(50-57)53(58)47-44-41-38-35-32-29-27-25-23-20-17-14-11-8-5-2/h26,28,51-53,57-58H,4-25,27,29-50H2,1-3H3,(H,56,59)/b28-26+. The molecule has 61 heavy (non-hydrogen) atoms. The molecule has 0 aromatic carbocycles. The molecule has 0 saturated heterocycles. The topological polar surface area (TPSA) is 95.9 Å². The Morgan fingerprint density at radius 1 is 0.459 bits per heavy atom. The van der Waals surface area contributed by atoms with Crippen LogP contribution in [0.4, 0.5) is 0 Å². The van der Waals surface area contributed by atoms with Crippen molar-refractivity contribution in [2.45, 2.75) is 322 Å². The lowest BCUT2D eigenvalue weighted by Gasteiger charge is -2.24. The lowest BCUT2D eigenvalue weighted by molar-refractivity contribution is -0.151. The number of carbonyl (C=O) groups is 2. The average Bonchev–Trinajstić information content (AvgIpc) is 3.25. The van der Waals surface area contributed by atoms with E-state index in [1.165, 1.54) is 205 Å². The van der Waals surface area contributed by atoms with Gasteiger partial charge in [-0.15, -0.1) is 0 Å². The van der Waals surface area contributed by atoms with Gasteiger partial charge in [-0.1, -0.05) is 251 Å². The Hall–Kier alpha value is -1.40. The molecule has 0 fully saturated rings. The molecule has 0 aliphatic carbocycles. The molecule has 0 bridgehead atoms. The van der Waals surface area contributed by atoms with Crippen molar-refractivity contribution in [2.75, 3.05) is 6.61 Å². The summed E-state index contributed by atoms with van der Waals surface area (Å²) >= 11 is 0. The summed E-state index contributed by atoms with van der Waals surface area (Å²) in [5.74, 6) is -0.465. The zero-order valence-corrected chi connectivity index (χ0v) is 41.3. The zero-order valence-electron chi connectivity index (χ0n) is 41.3. The van der Waals surface area contributed by atoms with Crippen LogP contribution in [-0.2, 0) is 14.3 Å². The Balaban J connectivity index is 4.47. The third kappa shape index (κ3) is 45.0. The summed E-state index contributed by atoms with van der Waals surface area (Å²) < 4.78 is 5.94. The van der Waals surface area contributed by atoms with E-state index in [1.807, 2.05) is 0 Å². The molecule has 362 valence electrons. The van der Waals surface area contributed by atoms with Gasteiger partial charge in [-0.25, -0.2) is 0 Å². The molecular weight excluding hydrogens is 755 g/mol. The molecule has 0 aromatic heterocycles. The Morgan fingerprint density at radius 2 is 0.787 bits per heavy atom. The molecule has 0 spiro atoms. The summed E-state index contributed by atoms with van der Waals surface area (Å²) in [6.45, 7) is 6.51. The van der Waals surface area contributed by atoms with Crippen LogP contribution in [0.2, 0.25) is 0 Å². The zero-order chi connectivity index (χ0) is 44.5. The van der Waals surface area contributed by atoms with Crippen LogP contribution < -0.4 is 5.32 Å². The molecule has 1 amide bonds. The first-order valence-electron chi connectivity index (χ1n) is 27.4. The summed E-state index contributed by atoms with van der Waals surface area (Å²) in [4.78, 5) is 26.2. The molecule has 3 N–H and O–H groups in total. The molecule has 0 saturated carbocycles. The van der Waals surface area contributed by atoms with Crippen LogP contribution in [0.3, 0.4) is 0 Å². The van der Waals surface area contributed by atoms with E-state index < -0.39 is 18.2 Å². The summed E-state index contributed by atoms with van der Waals surface area (Å²) in [5, 5.41) is 23.8. The second-order valence-corrected chi connectivity index (χ2v) is 19.0. The number of nitrogens with one attached hydrogen (secondary N) is 1. The van der Waals surface area contributed by atoms with Gasteiger partial charge in [-0.2, -0.15) is 0 Å². The SMILES string of the molecule is CCCCCCCCC/C=C/CCCCCCCC(=O)OC(CCCCCCCCCCCCC)CC(=O)NC(CO)C(O)CCCCCCCCCCCCCCCCC. The van der Waals surface area contributed by atoms with E-state index in [0.29, 0.717) is 19.3 Å². The fourth-order valence-electron chi connectivity index (χ4n) is 8.66. The van der Waals surface area contributed by atoms with Gasteiger partial charge in [0, 0.05) is 6.42 Å². The minimum atomic E-state index is -0.783. The lowest BCUT2D eigenvalue weighted by atomic mass is 10.0. The molecule has 0 aliphatic heterocycles. The smallest absolute Gasteiger partial charge is 0.306 e. The first kappa shape index (κ1) is 59.6. The predicted molar refractivity (Wildman–Crippen MR) is 264 cm³/mol. The molecule has 0 heterocycles. The predicted octanol–water partition coefficient (Wildman–Crippen LogP) is 16.5. The Labute approximate surface area is 380 Å². The van der Waals surface area contributed by atoms with Crippen molar-refractivity contribution in [3.63, 3.8) is 0 Å². The van der Waals surface area contributed by atoms with Crippen molar-refractivity contribution in [3.8, 4) is 0 Å². The second kappa shape index (κ2) is 49.6. The maximum atomic E-state index is 13.2. The summed E-state index contributed by atoms with van der Waals surface area (Å²) in [6.07, 6.45) is 55.6. The number of carbonyl (C=O) groups excluding carboxylic acids is 2. The van der Waals surface area contributed by atoms with Crippen LogP contribution in [-0.4, -0.2) is 46.9 Å². The number of rotatable bonds is 50. The first-order chi connectivity index (χ1) is 30.0. The highest BCUT2D eigenvalue weighted by Gasteiger charge is 2.24. The first-order valence-corrected chi connectivity index (χ1v) is 27.4. The van der Waals surface area contributed by atoms with Crippen molar-refractivity contribution >= 4 is 11.9 Å². The van der Waals surface area contributed by atoms with Gasteiger partial charge < -0.3 is 20.3 Å². The van der Waals surface area contributed by atoms with Crippen LogP contribution in [0.1, 0.15) is 303 Å². The highest BCUT2D eigenvalue weighted by Crippen LogP contribution is 2.19. The molecule has 6 nitrogen and oxygen atoms in total. The molecule has 0 rings (SSSR count). The van der Waals surface area contributed by atoms with Crippen LogP contribution >= 0.6 is 0 Å². The number of allylic oxidation sites excluding steroid dienone is 2. The van der Waals surface area contributed by atoms with E-state index in [9.17, 15) is 19.8 Å². The summed E-state index contributed by atoms with van der Waals surface area (Å²) in [6, 6.07) is -0.696. The van der Waals surface area contributed by atoms with Crippen molar-refractivity contribution in [3.05, 3.63) is 12.2 Å². The molecule has 6 heteroatoms. The molecule has 0 aliphatic rings. The highest BCUT2D eigenvalue weighted by atomic mass is 16.5. The fraction of sp³-hybridized carbons (Fsp3) is 0.927. The van der Waals surface area contributed by atoms with Crippen LogP contribution in [0, 0.1) is 0 Å². The highest BCUT2D eigenvalue weighted by molar-refractivity contribution is 5.77. The van der Waals surface area contributed by atoms with E-state index in [2.05, 4.69) is 38.2 Å². The average molecular weight is 862 g/mol.